The van der Waals surface area contributed by atoms with E-state index in [1.54, 1.807) is 17.8 Å². The quantitative estimate of drug-likeness (QED) is 0.869. The van der Waals surface area contributed by atoms with Crippen molar-refractivity contribution in [3.63, 3.8) is 0 Å². The Bertz CT molecular complexity index is 410. The van der Waals surface area contributed by atoms with E-state index in [9.17, 15) is 9.50 Å². The van der Waals surface area contributed by atoms with Crippen LogP contribution in [0.15, 0.2) is 23.1 Å². The molecule has 0 aromatic heterocycles. The van der Waals surface area contributed by atoms with E-state index in [1.807, 2.05) is 12.1 Å². The van der Waals surface area contributed by atoms with Crippen LogP contribution in [0.1, 0.15) is 31.2 Å². The highest BCUT2D eigenvalue weighted by Gasteiger charge is 2.40. The molecular formula is C13H15FOS. The van der Waals surface area contributed by atoms with Gasteiger partial charge in [-0.3, -0.25) is 0 Å². The Kier molecular flexibility index (Phi) is 2.48. The Labute approximate surface area is 99.1 Å². The fraction of sp³-hybridized carbons (Fsp3) is 0.538. The molecule has 0 atom stereocenters. The average Bonchev–Trinajstić information content (AvgIpc) is 3.11. The first kappa shape index (κ1) is 10.6. The molecule has 0 aliphatic heterocycles. The molecule has 86 valence electrons. The summed E-state index contributed by atoms with van der Waals surface area (Å²) < 4.78 is 13.7. The second kappa shape index (κ2) is 3.74. The molecule has 1 nitrogen and oxygen atoms in total. The monoisotopic (exact) mass is 238 g/mol. The van der Waals surface area contributed by atoms with Gasteiger partial charge in [-0.15, -0.1) is 11.8 Å². The van der Waals surface area contributed by atoms with Crippen LogP contribution in [-0.2, 0) is 6.42 Å². The lowest BCUT2D eigenvalue weighted by Crippen LogP contribution is -2.10. The number of thioether (sulfide) groups is 1. The van der Waals surface area contributed by atoms with Gasteiger partial charge in [0.05, 0.1) is 5.60 Å². The Morgan fingerprint density at radius 3 is 2.69 bits per heavy atom. The van der Waals surface area contributed by atoms with Crippen molar-refractivity contribution in [3.8, 4) is 0 Å². The van der Waals surface area contributed by atoms with E-state index in [-0.39, 0.29) is 5.82 Å². The van der Waals surface area contributed by atoms with Crippen molar-refractivity contribution in [3.05, 3.63) is 29.6 Å². The van der Waals surface area contributed by atoms with Gasteiger partial charge in [-0.2, -0.15) is 0 Å². The minimum Gasteiger partial charge on any atom is -0.390 e. The zero-order chi connectivity index (χ0) is 11.2. The molecule has 3 rings (SSSR count). The normalized spacial score (nSPS) is 22.1. The van der Waals surface area contributed by atoms with Crippen molar-refractivity contribution in [1.29, 1.82) is 0 Å². The van der Waals surface area contributed by atoms with Gasteiger partial charge >= 0.3 is 0 Å². The minimum atomic E-state index is -0.530. The van der Waals surface area contributed by atoms with Crippen LogP contribution in [0.4, 0.5) is 4.39 Å². The summed E-state index contributed by atoms with van der Waals surface area (Å²) in [6.07, 6.45) is 4.73. The lowest BCUT2D eigenvalue weighted by atomic mass is 10.1. The van der Waals surface area contributed by atoms with Crippen LogP contribution in [-0.4, -0.2) is 16.0 Å². The van der Waals surface area contributed by atoms with Gasteiger partial charge in [-0.25, -0.2) is 4.39 Å². The van der Waals surface area contributed by atoms with Gasteiger partial charge in [0.15, 0.2) is 0 Å². The first-order valence-corrected chi connectivity index (χ1v) is 6.70. The maximum absolute atomic E-state index is 13.7. The standard InChI is InChI=1S/C13H15FOS/c14-11-7-9(8-13(15)5-6-13)1-4-12(11)16-10-2-3-10/h1,4,7,10,15H,2-3,5-6,8H2. The number of aliphatic hydroxyl groups is 1. The SMILES string of the molecule is OC1(Cc2ccc(SC3CC3)c(F)c2)CC1. The van der Waals surface area contributed by atoms with Crippen molar-refractivity contribution in [2.45, 2.75) is 47.9 Å². The Morgan fingerprint density at radius 2 is 2.12 bits per heavy atom. The Hall–Kier alpha value is -0.540. The van der Waals surface area contributed by atoms with Crippen LogP contribution in [0, 0.1) is 5.82 Å². The third-order valence-corrected chi connectivity index (χ3v) is 4.56. The number of rotatable bonds is 4. The Morgan fingerprint density at radius 1 is 1.38 bits per heavy atom. The van der Waals surface area contributed by atoms with Crippen LogP contribution in [0.3, 0.4) is 0 Å². The minimum absolute atomic E-state index is 0.126. The van der Waals surface area contributed by atoms with Crippen molar-refractivity contribution >= 4 is 11.8 Å². The molecule has 0 spiro atoms. The van der Waals surface area contributed by atoms with E-state index in [1.165, 1.54) is 12.8 Å². The highest BCUT2D eigenvalue weighted by atomic mass is 32.2. The fourth-order valence-electron chi connectivity index (χ4n) is 1.82. The third kappa shape index (κ3) is 2.41. The maximum Gasteiger partial charge on any atom is 0.137 e. The second-order valence-electron chi connectivity index (χ2n) is 4.98. The van der Waals surface area contributed by atoms with Crippen LogP contribution >= 0.6 is 11.8 Å². The molecular weight excluding hydrogens is 223 g/mol. The number of halogens is 1. The van der Waals surface area contributed by atoms with E-state index < -0.39 is 5.60 Å². The van der Waals surface area contributed by atoms with Crippen molar-refractivity contribution in [2.24, 2.45) is 0 Å². The summed E-state index contributed by atoms with van der Waals surface area (Å²) in [5.74, 6) is -0.126. The topological polar surface area (TPSA) is 20.2 Å². The molecule has 0 bridgehead atoms. The lowest BCUT2D eigenvalue weighted by Gasteiger charge is -2.09. The lowest BCUT2D eigenvalue weighted by molar-refractivity contribution is 0.151. The number of hydrogen-bond donors (Lipinski definition) is 1. The van der Waals surface area contributed by atoms with E-state index in [0.29, 0.717) is 11.7 Å². The maximum atomic E-state index is 13.7. The zero-order valence-electron chi connectivity index (χ0n) is 9.08. The second-order valence-corrected chi connectivity index (χ2v) is 6.33. The van der Waals surface area contributed by atoms with Crippen LogP contribution in [0.2, 0.25) is 0 Å². The molecule has 0 radical (unpaired) electrons. The molecule has 1 N–H and O–H groups in total. The number of benzene rings is 1. The van der Waals surface area contributed by atoms with Crippen LogP contribution < -0.4 is 0 Å². The molecule has 2 aliphatic rings. The average molecular weight is 238 g/mol. The predicted octanol–water partition coefficient (Wildman–Crippen LogP) is 3.15. The van der Waals surface area contributed by atoms with E-state index in [0.717, 1.165) is 23.3 Å². The van der Waals surface area contributed by atoms with Gasteiger partial charge in [0.1, 0.15) is 5.82 Å². The predicted molar refractivity (Wildman–Crippen MR) is 63.2 cm³/mol. The number of hydrogen-bond acceptors (Lipinski definition) is 2. The summed E-state index contributed by atoms with van der Waals surface area (Å²) in [6.45, 7) is 0. The summed E-state index contributed by atoms with van der Waals surface area (Å²) in [5, 5.41) is 10.4. The molecule has 2 saturated carbocycles. The molecule has 1 aromatic carbocycles. The summed E-state index contributed by atoms with van der Waals surface area (Å²) in [5.41, 5.74) is 0.384. The van der Waals surface area contributed by atoms with Gasteiger partial charge in [0, 0.05) is 16.6 Å². The highest BCUT2D eigenvalue weighted by Crippen LogP contribution is 2.41. The summed E-state index contributed by atoms with van der Waals surface area (Å²) >= 11 is 1.64. The third-order valence-electron chi connectivity index (χ3n) is 3.17. The molecule has 3 heteroatoms. The molecule has 0 saturated heterocycles. The van der Waals surface area contributed by atoms with Gasteiger partial charge in [-0.1, -0.05) is 6.07 Å². The summed E-state index contributed by atoms with van der Waals surface area (Å²) in [7, 11) is 0. The van der Waals surface area contributed by atoms with Crippen LogP contribution in [0.5, 0.6) is 0 Å². The molecule has 0 heterocycles. The van der Waals surface area contributed by atoms with E-state index in [4.69, 9.17) is 0 Å². The first-order chi connectivity index (χ1) is 7.65. The van der Waals surface area contributed by atoms with Crippen molar-refractivity contribution in [2.75, 3.05) is 0 Å². The molecule has 1 aromatic rings. The summed E-state index contributed by atoms with van der Waals surface area (Å²) in [6, 6.07) is 5.39. The summed E-state index contributed by atoms with van der Waals surface area (Å²) in [4.78, 5) is 0.758. The van der Waals surface area contributed by atoms with Crippen molar-refractivity contribution < 1.29 is 9.50 Å². The largest absolute Gasteiger partial charge is 0.390 e. The van der Waals surface area contributed by atoms with E-state index in [2.05, 4.69) is 0 Å². The van der Waals surface area contributed by atoms with Gasteiger partial charge < -0.3 is 5.11 Å². The fourth-order valence-corrected chi connectivity index (χ4v) is 2.87. The highest BCUT2D eigenvalue weighted by molar-refractivity contribution is 8.00. The first-order valence-electron chi connectivity index (χ1n) is 5.82. The molecule has 16 heavy (non-hydrogen) atoms. The van der Waals surface area contributed by atoms with E-state index >= 15 is 0 Å². The van der Waals surface area contributed by atoms with Gasteiger partial charge in [-0.05, 0) is 43.4 Å². The zero-order valence-corrected chi connectivity index (χ0v) is 9.89. The van der Waals surface area contributed by atoms with Crippen LogP contribution in [0.25, 0.3) is 0 Å². The smallest absolute Gasteiger partial charge is 0.137 e. The molecule has 0 amide bonds. The molecule has 0 unspecified atom stereocenters. The van der Waals surface area contributed by atoms with Crippen molar-refractivity contribution in [1.82, 2.24) is 0 Å². The molecule has 2 fully saturated rings. The Balaban J connectivity index is 1.73. The van der Waals surface area contributed by atoms with Gasteiger partial charge in [0.25, 0.3) is 0 Å². The molecule has 2 aliphatic carbocycles. The van der Waals surface area contributed by atoms with Gasteiger partial charge in [0.2, 0.25) is 0 Å².